The largest absolute Gasteiger partial charge is 0.315 e. The van der Waals surface area contributed by atoms with Crippen LogP contribution in [0.4, 0.5) is 0 Å². The van der Waals surface area contributed by atoms with Gasteiger partial charge in [-0.1, -0.05) is 13.8 Å². The number of hydrogen-bond donors (Lipinski definition) is 1. The highest BCUT2D eigenvalue weighted by atomic mass is 15.3. The van der Waals surface area contributed by atoms with Gasteiger partial charge in [-0.2, -0.15) is 0 Å². The van der Waals surface area contributed by atoms with Crippen LogP contribution in [0, 0.1) is 0 Å². The number of piperazine rings is 1. The van der Waals surface area contributed by atoms with E-state index in [-0.39, 0.29) is 0 Å². The lowest BCUT2D eigenvalue weighted by molar-refractivity contribution is 0.0947. The van der Waals surface area contributed by atoms with Crippen molar-refractivity contribution < 1.29 is 0 Å². The number of nitrogens with zero attached hydrogens (tertiary/aromatic N) is 2. The second kappa shape index (κ2) is 5.58. The van der Waals surface area contributed by atoms with E-state index >= 15 is 0 Å². The minimum Gasteiger partial charge on any atom is -0.315 e. The van der Waals surface area contributed by atoms with Gasteiger partial charge in [0, 0.05) is 32.2 Å². The zero-order valence-electron chi connectivity index (χ0n) is 9.21. The minimum absolute atomic E-state index is 0.712. The van der Waals surface area contributed by atoms with E-state index in [2.05, 4.69) is 36.0 Å². The molecule has 1 aliphatic rings. The quantitative estimate of drug-likeness (QED) is 0.676. The van der Waals surface area contributed by atoms with Gasteiger partial charge in [0.15, 0.2) is 0 Å². The van der Waals surface area contributed by atoms with E-state index in [1.165, 1.54) is 26.2 Å². The zero-order chi connectivity index (χ0) is 9.68. The summed E-state index contributed by atoms with van der Waals surface area (Å²) in [5.41, 5.74) is 0. The Morgan fingerprint density at radius 1 is 1.31 bits per heavy atom. The summed E-state index contributed by atoms with van der Waals surface area (Å²) in [5.74, 6) is 0. The molecule has 0 saturated carbocycles. The smallest absolute Gasteiger partial charge is 0.0348 e. The summed E-state index contributed by atoms with van der Waals surface area (Å²) >= 11 is 0. The van der Waals surface area contributed by atoms with Gasteiger partial charge < -0.3 is 10.2 Å². The minimum atomic E-state index is 0.712. The summed E-state index contributed by atoms with van der Waals surface area (Å²) in [6, 6.07) is 0.712. The van der Waals surface area contributed by atoms with E-state index in [1.54, 1.807) is 0 Å². The number of likely N-dealkylation sites (N-methyl/N-ethyl adjacent to an activating group) is 3. The van der Waals surface area contributed by atoms with Crippen molar-refractivity contribution in [1.29, 1.82) is 0 Å². The standard InChI is InChI=1S/C10H23N3/c1-4-11-8-10-9-12(3)6-7-13(10)5-2/h10-11H,4-9H2,1-3H3. The number of rotatable bonds is 4. The first-order chi connectivity index (χ1) is 6.27. The van der Waals surface area contributed by atoms with Gasteiger partial charge in [0.05, 0.1) is 0 Å². The predicted octanol–water partition coefficient (Wildman–Crippen LogP) is 0.232. The van der Waals surface area contributed by atoms with Crippen LogP contribution in [-0.2, 0) is 0 Å². The third-order valence-corrected chi connectivity index (χ3v) is 2.84. The van der Waals surface area contributed by atoms with Gasteiger partial charge in [-0.05, 0) is 20.1 Å². The summed E-state index contributed by atoms with van der Waals surface area (Å²) in [6.07, 6.45) is 0. The molecule has 1 fully saturated rings. The van der Waals surface area contributed by atoms with Crippen molar-refractivity contribution >= 4 is 0 Å². The summed E-state index contributed by atoms with van der Waals surface area (Å²) in [5, 5.41) is 3.43. The van der Waals surface area contributed by atoms with Gasteiger partial charge in [-0.25, -0.2) is 0 Å². The van der Waals surface area contributed by atoms with E-state index in [9.17, 15) is 0 Å². The fraction of sp³-hybridized carbons (Fsp3) is 1.00. The summed E-state index contributed by atoms with van der Waals surface area (Å²) in [6.45, 7) is 11.5. The van der Waals surface area contributed by atoms with Crippen LogP contribution in [0.25, 0.3) is 0 Å². The van der Waals surface area contributed by atoms with Crippen LogP contribution in [0.2, 0.25) is 0 Å². The number of hydrogen-bond acceptors (Lipinski definition) is 3. The molecule has 13 heavy (non-hydrogen) atoms. The van der Waals surface area contributed by atoms with Gasteiger partial charge in [0.1, 0.15) is 0 Å². The lowest BCUT2D eigenvalue weighted by Gasteiger charge is -2.39. The second-order valence-corrected chi connectivity index (χ2v) is 3.85. The first-order valence-electron chi connectivity index (χ1n) is 5.41. The molecule has 0 aromatic heterocycles. The Morgan fingerprint density at radius 3 is 2.69 bits per heavy atom. The van der Waals surface area contributed by atoms with Crippen molar-refractivity contribution in [2.45, 2.75) is 19.9 Å². The Labute approximate surface area is 82.1 Å². The average Bonchev–Trinajstić information content (AvgIpc) is 2.15. The van der Waals surface area contributed by atoms with Crippen LogP contribution >= 0.6 is 0 Å². The molecule has 1 N–H and O–H groups in total. The Bertz CT molecular complexity index is 138. The number of nitrogens with one attached hydrogen (secondary N) is 1. The summed E-state index contributed by atoms with van der Waals surface area (Å²) in [7, 11) is 2.21. The fourth-order valence-corrected chi connectivity index (χ4v) is 1.97. The average molecular weight is 185 g/mol. The van der Waals surface area contributed by atoms with Crippen molar-refractivity contribution in [3.05, 3.63) is 0 Å². The van der Waals surface area contributed by atoms with Crippen LogP contribution in [0.1, 0.15) is 13.8 Å². The van der Waals surface area contributed by atoms with Crippen LogP contribution in [0.3, 0.4) is 0 Å². The first kappa shape index (κ1) is 11.0. The maximum atomic E-state index is 3.43. The monoisotopic (exact) mass is 185 g/mol. The van der Waals surface area contributed by atoms with E-state index in [0.717, 1.165) is 13.1 Å². The molecule has 0 radical (unpaired) electrons. The molecule has 78 valence electrons. The van der Waals surface area contributed by atoms with Crippen molar-refractivity contribution in [1.82, 2.24) is 15.1 Å². The zero-order valence-corrected chi connectivity index (χ0v) is 9.21. The van der Waals surface area contributed by atoms with Gasteiger partial charge >= 0.3 is 0 Å². The van der Waals surface area contributed by atoms with Crippen LogP contribution in [0.5, 0.6) is 0 Å². The molecule has 1 heterocycles. The Kier molecular flexibility index (Phi) is 4.70. The molecule has 0 bridgehead atoms. The second-order valence-electron chi connectivity index (χ2n) is 3.85. The van der Waals surface area contributed by atoms with Gasteiger partial charge in [-0.15, -0.1) is 0 Å². The molecule has 3 nitrogen and oxygen atoms in total. The van der Waals surface area contributed by atoms with E-state index in [1.807, 2.05) is 0 Å². The van der Waals surface area contributed by atoms with Crippen LogP contribution in [-0.4, -0.2) is 62.2 Å². The predicted molar refractivity (Wildman–Crippen MR) is 57.1 cm³/mol. The molecule has 1 atom stereocenters. The SMILES string of the molecule is CCNCC1CN(C)CCN1CC. The fourth-order valence-electron chi connectivity index (χ4n) is 1.97. The van der Waals surface area contributed by atoms with E-state index in [4.69, 9.17) is 0 Å². The van der Waals surface area contributed by atoms with Gasteiger partial charge in [0.25, 0.3) is 0 Å². The van der Waals surface area contributed by atoms with E-state index < -0.39 is 0 Å². The maximum Gasteiger partial charge on any atom is 0.0348 e. The highest BCUT2D eigenvalue weighted by Crippen LogP contribution is 2.06. The van der Waals surface area contributed by atoms with Crippen molar-refractivity contribution in [3.63, 3.8) is 0 Å². The molecular weight excluding hydrogens is 162 g/mol. The molecule has 0 aromatic rings. The van der Waals surface area contributed by atoms with Crippen LogP contribution in [0.15, 0.2) is 0 Å². The normalized spacial score (nSPS) is 26.5. The van der Waals surface area contributed by atoms with Gasteiger partial charge in [0.2, 0.25) is 0 Å². The van der Waals surface area contributed by atoms with Crippen molar-refractivity contribution in [2.75, 3.05) is 46.3 Å². The highest BCUT2D eigenvalue weighted by Gasteiger charge is 2.22. The molecule has 1 rings (SSSR count). The van der Waals surface area contributed by atoms with Gasteiger partial charge in [-0.3, -0.25) is 4.90 Å². The molecule has 0 spiro atoms. The van der Waals surface area contributed by atoms with Crippen molar-refractivity contribution in [2.24, 2.45) is 0 Å². The third kappa shape index (κ3) is 3.25. The molecule has 3 heteroatoms. The summed E-state index contributed by atoms with van der Waals surface area (Å²) in [4.78, 5) is 5.00. The highest BCUT2D eigenvalue weighted by molar-refractivity contribution is 4.81. The molecule has 1 saturated heterocycles. The lowest BCUT2D eigenvalue weighted by atomic mass is 10.1. The topological polar surface area (TPSA) is 18.5 Å². The lowest BCUT2D eigenvalue weighted by Crippen LogP contribution is -2.55. The van der Waals surface area contributed by atoms with E-state index in [0.29, 0.717) is 6.04 Å². The molecule has 1 aliphatic heterocycles. The third-order valence-electron chi connectivity index (χ3n) is 2.84. The Hall–Kier alpha value is -0.120. The summed E-state index contributed by atoms with van der Waals surface area (Å²) < 4.78 is 0. The Morgan fingerprint density at radius 2 is 2.08 bits per heavy atom. The molecule has 0 amide bonds. The van der Waals surface area contributed by atoms with Crippen LogP contribution < -0.4 is 5.32 Å². The molecule has 0 aromatic carbocycles. The van der Waals surface area contributed by atoms with Crippen molar-refractivity contribution in [3.8, 4) is 0 Å². The maximum absolute atomic E-state index is 3.43. The Balaban J connectivity index is 2.35. The first-order valence-corrected chi connectivity index (χ1v) is 5.41. The molecule has 0 aliphatic carbocycles. The molecular formula is C10H23N3. The molecule has 1 unspecified atom stereocenters.